The van der Waals surface area contributed by atoms with E-state index in [0.717, 1.165) is 23.1 Å². The predicted molar refractivity (Wildman–Crippen MR) is 120 cm³/mol. The molecule has 2 amide bonds. The summed E-state index contributed by atoms with van der Waals surface area (Å²) in [6.07, 6.45) is 1.08. The molecule has 13 heteroatoms. The van der Waals surface area contributed by atoms with Gasteiger partial charge in [0.1, 0.15) is 12.3 Å². The first kappa shape index (κ1) is 24.4. The van der Waals surface area contributed by atoms with Crippen LogP contribution in [0.25, 0.3) is 6.08 Å². The number of carbonyl (C=O) groups is 3. The summed E-state index contributed by atoms with van der Waals surface area (Å²) in [7, 11) is 0. The zero-order valence-electron chi connectivity index (χ0n) is 17.8. The minimum atomic E-state index is -0.788. The van der Waals surface area contributed by atoms with E-state index in [9.17, 15) is 34.6 Å². The van der Waals surface area contributed by atoms with Gasteiger partial charge in [-0.2, -0.15) is 0 Å². The number of rotatable bonds is 8. The van der Waals surface area contributed by atoms with Gasteiger partial charge in [0.15, 0.2) is 0 Å². The maximum Gasteiger partial charge on any atom is 0.326 e. The van der Waals surface area contributed by atoms with Gasteiger partial charge in [0.05, 0.1) is 26.9 Å². The first-order chi connectivity index (χ1) is 16.0. The van der Waals surface area contributed by atoms with E-state index in [-0.39, 0.29) is 22.5 Å². The molecule has 0 saturated carbocycles. The molecule has 1 aliphatic rings. The largest absolute Gasteiger partial charge is 0.462 e. The Bertz CT molecular complexity index is 1210. The fourth-order valence-electron chi connectivity index (χ4n) is 2.82. The van der Waals surface area contributed by atoms with Gasteiger partial charge in [0, 0.05) is 6.07 Å². The number of benzene rings is 2. The number of non-ortho nitro benzene ring substituents is 1. The average molecular weight is 487 g/mol. The van der Waals surface area contributed by atoms with E-state index in [1.165, 1.54) is 18.2 Å². The molecule has 0 aliphatic carbocycles. The molecule has 1 saturated heterocycles. The summed E-state index contributed by atoms with van der Waals surface area (Å²) in [6, 6.07) is 9.06. The number of ether oxygens (including phenoxy) is 2. The molecule has 34 heavy (non-hydrogen) atoms. The van der Waals surface area contributed by atoms with Crippen LogP contribution >= 0.6 is 11.8 Å². The molecule has 0 aromatic heterocycles. The molecule has 0 atom stereocenters. The predicted octanol–water partition coefficient (Wildman–Crippen LogP) is 4.28. The maximum atomic E-state index is 12.5. The number of imide groups is 1. The van der Waals surface area contributed by atoms with Crippen molar-refractivity contribution in [3.63, 3.8) is 0 Å². The Balaban J connectivity index is 1.73. The van der Waals surface area contributed by atoms with Gasteiger partial charge in [-0.15, -0.1) is 0 Å². The summed E-state index contributed by atoms with van der Waals surface area (Å²) in [5.41, 5.74) is -0.482. The zero-order chi connectivity index (χ0) is 25.0. The summed E-state index contributed by atoms with van der Waals surface area (Å²) in [5.74, 6) is -1.30. The van der Waals surface area contributed by atoms with E-state index in [2.05, 4.69) is 0 Å². The average Bonchev–Trinajstić information content (AvgIpc) is 3.01. The highest BCUT2D eigenvalue weighted by Gasteiger charge is 2.36. The Morgan fingerprint density at radius 3 is 2.35 bits per heavy atom. The number of amides is 2. The van der Waals surface area contributed by atoms with Gasteiger partial charge in [-0.05, 0) is 55.4 Å². The standard InChI is InChI=1S/C21H17N3O9S/c1-12(2)32-19(25)11-22-20(26)18(34-21(22)27)9-13-3-6-15(7-4-13)33-17-8-5-14(23(28)29)10-16(17)24(30)31/h3-10,12H,11H2,1-2H3/b18-9+. The lowest BCUT2D eigenvalue weighted by Gasteiger charge is -2.13. The van der Waals surface area contributed by atoms with Crippen molar-refractivity contribution >= 4 is 46.3 Å². The van der Waals surface area contributed by atoms with Crippen molar-refractivity contribution in [2.45, 2.75) is 20.0 Å². The van der Waals surface area contributed by atoms with Crippen LogP contribution in [0.1, 0.15) is 19.4 Å². The van der Waals surface area contributed by atoms with Crippen molar-refractivity contribution in [2.75, 3.05) is 6.54 Å². The first-order valence-corrected chi connectivity index (χ1v) is 10.5. The summed E-state index contributed by atoms with van der Waals surface area (Å²) in [6.45, 7) is 2.82. The molecular formula is C21H17N3O9S. The van der Waals surface area contributed by atoms with Gasteiger partial charge in [-0.25, -0.2) is 0 Å². The van der Waals surface area contributed by atoms with Crippen LogP contribution in [0.5, 0.6) is 11.5 Å². The van der Waals surface area contributed by atoms with Crippen LogP contribution in [0.2, 0.25) is 0 Å². The van der Waals surface area contributed by atoms with Gasteiger partial charge < -0.3 is 9.47 Å². The molecular weight excluding hydrogens is 470 g/mol. The second-order valence-electron chi connectivity index (χ2n) is 7.14. The lowest BCUT2D eigenvalue weighted by atomic mass is 10.2. The first-order valence-electron chi connectivity index (χ1n) is 9.70. The van der Waals surface area contributed by atoms with Crippen LogP contribution in [0.4, 0.5) is 16.2 Å². The van der Waals surface area contributed by atoms with Crippen molar-refractivity contribution in [1.29, 1.82) is 0 Å². The third-order valence-corrected chi connectivity index (χ3v) is 5.19. The Morgan fingerprint density at radius 2 is 1.76 bits per heavy atom. The lowest BCUT2D eigenvalue weighted by molar-refractivity contribution is -0.394. The molecule has 12 nitrogen and oxygen atoms in total. The minimum absolute atomic E-state index is 0.113. The number of hydrogen-bond acceptors (Lipinski definition) is 10. The summed E-state index contributed by atoms with van der Waals surface area (Å²) in [5, 5.41) is 21.5. The molecule has 0 N–H and O–H groups in total. The molecule has 1 aliphatic heterocycles. The van der Waals surface area contributed by atoms with Gasteiger partial charge in [-0.3, -0.25) is 39.5 Å². The third kappa shape index (κ3) is 5.75. The van der Waals surface area contributed by atoms with E-state index >= 15 is 0 Å². The van der Waals surface area contributed by atoms with Crippen LogP contribution < -0.4 is 4.74 Å². The molecule has 0 spiro atoms. The molecule has 0 bridgehead atoms. The number of carbonyl (C=O) groups excluding carboxylic acids is 3. The monoisotopic (exact) mass is 487 g/mol. The Labute approximate surface area is 196 Å². The molecule has 2 aromatic carbocycles. The number of nitrogens with zero attached hydrogens (tertiary/aromatic N) is 3. The number of nitro benzene ring substituents is 2. The maximum absolute atomic E-state index is 12.5. The molecule has 3 rings (SSSR count). The van der Waals surface area contributed by atoms with Crippen LogP contribution in [0, 0.1) is 20.2 Å². The van der Waals surface area contributed by atoms with Crippen molar-refractivity contribution in [3.05, 3.63) is 73.2 Å². The second kappa shape index (κ2) is 10.1. The van der Waals surface area contributed by atoms with Crippen LogP contribution in [-0.2, 0) is 14.3 Å². The van der Waals surface area contributed by atoms with Crippen molar-refractivity contribution in [3.8, 4) is 11.5 Å². The van der Waals surface area contributed by atoms with E-state index < -0.39 is 44.9 Å². The van der Waals surface area contributed by atoms with E-state index in [4.69, 9.17) is 9.47 Å². The van der Waals surface area contributed by atoms with Crippen molar-refractivity contribution in [2.24, 2.45) is 0 Å². The molecule has 176 valence electrons. The number of hydrogen-bond donors (Lipinski definition) is 0. The molecule has 1 heterocycles. The van der Waals surface area contributed by atoms with Gasteiger partial charge in [-0.1, -0.05) is 12.1 Å². The SMILES string of the molecule is CC(C)OC(=O)CN1C(=O)S/C(=C/c2ccc(Oc3ccc([N+](=O)[O-])cc3[N+](=O)[O-])cc2)C1=O. The minimum Gasteiger partial charge on any atom is -0.462 e. The summed E-state index contributed by atoms with van der Waals surface area (Å²) in [4.78, 5) is 57.9. The molecule has 1 fully saturated rings. The number of nitro groups is 2. The third-order valence-electron chi connectivity index (χ3n) is 4.28. The Morgan fingerprint density at radius 1 is 1.09 bits per heavy atom. The van der Waals surface area contributed by atoms with E-state index in [0.29, 0.717) is 17.3 Å². The van der Waals surface area contributed by atoms with E-state index in [1.54, 1.807) is 26.0 Å². The molecule has 0 unspecified atom stereocenters. The van der Waals surface area contributed by atoms with Crippen molar-refractivity contribution in [1.82, 2.24) is 4.90 Å². The quantitative estimate of drug-likeness (QED) is 0.227. The fraction of sp³-hybridized carbons (Fsp3) is 0.190. The van der Waals surface area contributed by atoms with E-state index in [1.807, 2.05) is 0 Å². The summed E-state index contributed by atoms with van der Waals surface area (Å²) < 4.78 is 10.5. The molecule has 2 aromatic rings. The zero-order valence-corrected chi connectivity index (χ0v) is 18.6. The highest BCUT2D eigenvalue weighted by Crippen LogP contribution is 2.35. The van der Waals surface area contributed by atoms with Gasteiger partial charge in [0.25, 0.3) is 16.8 Å². The highest BCUT2D eigenvalue weighted by atomic mass is 32.2. The van der Waals surface area contributed by atoms with Crippen LogP contribution in [0.3, 0.4) is 0 Å². The van der Waals surface area contributed by atoms with Gasteiger partial charge in [0.2, 0.25) is 5.75 Å². The topological polar surface area (TPSA) is 159 Å². The van der Waals surface area contributed by atoms with Crippen LogP contribution in [-0.4, -0.2) is 44.5 Å². The Hall–Kier alpha value is -4.26. The number of thioether (sulfide) groups is 1. The molecule has 0 radical (unpaired) electrons. The summed E-state index contributed by atoms with van der Waals surface area (Å²) >= 11 is 0.683. The fourth-order valence-corrected chi connectivity index (χ4v) is 3.66. The number of esters is 1. The van der Waals surface area contributed by atoms with Crippen molar-refractivity contribution < 1.29 is 33.7 Å². The Kier molecular flexibility index (Phi) is 7.26. The lowest BCUT2D eigenvalue weighted by Crippen LogP contribution is -2.35. The normalized spacial score (nSPS) is 14.6. The highest BCUT2D eigenvalue weighted by molar-refractivity contribution is 8.18. The van der Waals surface area contributed by atoms with Gasteiger partial charge >= 0.3 is 11.7 Å². The second-order valence-corrected chi connectivity index (χ2v) is 8.14. The smallest absolute Gasteiger partial charge is 0.326 e. The van der Waals surface area contributed by atoms with Crippen LogP contribution in [0.15, 0.2) is 47.4 Å².